The summed E-state index contributed by atoms with van der Waals surface area (Å²) < 4.78 is 20.7. The smallest absolute Gasteiger partial charge is 0.112 e. The van der Waals surface area contributed by atoms with Gasteiger partial charge in [0, 0.05) is 20.2 Å². The van der Waals surface area contributed by atoms with Crippen molar-refractivity contribution >= 4 is 7.85 Å². The highest BCUT2D eigenvalue weighted by Crippen LogP contribution is 2.17. The SMILES string of the molecule is [B][C@@H]1OCC(OC)[C@H]1OCCOC. The monoisotopic (exact) mass is 186 g/mol. The lowest BCUT2D eigenvalue weighted by atomic mass is 9.93. The lowest BCUT2D eigenvalue weighted by Crippen LogP contribution is -2.35. The molecule has 0 aromatic heterocycles. The lowest BCUT2D eigenvalue weighted by molar-refractivity contribution is -0.0481. The summed E-state index contributed by atoms with van der Waals surface area (Å²) >= 11 is 0. The normalized spacial score (nSPS) is 33.8. The Labute approximate surface area is 79.9 Å². The predicted molar refractivity (Wildman–Crippen MR) is 47.9 cm³/mol. The zero-order valence-electron chi connectivity index (χ0n) is 8.06. The van der Waals surface area contributed by atoms with Gasteiger partial charge in [-0.05, 0) is 0 Å². The molecule has 0 aromatic carbocycles. The van der Waals surface area contributed by atoms with Crippen molar-refractivity contribution in [3.8, 4) is 0 Å². The molecular weight excluding hydrogens is 171 g/mol. The Hall–Kier alpha value is -0.0951. The first kappa shape index (κ1) is 11.0. The molecule has 5 heteroatoms. The van der Waals surface area contributed by atoms with Crippen LogP contribution in [0.1, 0.15) is 0 Å². The Morgan fingerprint density at radius 1 is 1.38 bits per heavy atom. The van der Waals surface area contributed by atoms with Crippen LogP contribution in [-0.2, 0) is 18.9 Å². The minimum Gasteiger partial charge on any atom is -0.382 e. The molecule has 0 bridgehead atoms. The number of ether oxygens (including phenoxy) is 4. The molecule has 0 aliphatic carbocycles. The first-order chi connectivity index (χ1) is 6.29. The average Bonchev–Trinajstić information content (AvgIpc) is 2.48. The van der Waals surface area contributed by atoms with Crippen molar-refractivity contribution < 1.29 is 18.9 Å². The molecule has 4 nitrogen and oxygen atoms in total. The van der Waals surface area contributed by atoms with E-state index in [2.05, 4.69) is 0 Å². The fraction of sp³-hybridized carbons (Fsp3) is 1.00. The summed E-state index contributed by atoms with van der Waals surface area (Å²) in [5.41, 5.74) is 0. The van der Waals surface area contributed by atoms with E-state index in [0.717, 1.165) is 0 Å². The standard InChI is InChI=1S/C8H15BO4/c1-10-3-4-12-7-6(11-2)5-13-8(7)9/h6-8H,3-5H2,1-2H3/t6?,7-,8-/m1/s1. The summed E-state index contributed by atoms with van der Waals surface area (Å²) in [5.74, 6) is 0. The first-order valence-electron chi connectivity index (χ1n) is 4.30. The maximum atomic E-state index is 5.66. The van der Waals surface area contributed by atoms with Crippen molar-refractivity contribution in [2.24, 2.45) is 0 Å². The third-order valence-corrected chi connectivity index (χ3v) is 2.04. The highest BCUT2D eigenvalue weighted by molar-refractivity contribution is 6.11. The Bertz CT molecular complexity index is 144. The molecule has 0 saturated carbocycles. The quantitative estimate of drug-likeness (QED) is 0.430. The fourth-order valence-corrected chi connectivity index (χ4v) is 1.28. The molecule has 0 aromatic rings. The van der Waals surface area contributed by atoms with Crippen molar-refractivity contribution in [1.29, 1.82) is 0 Å². The third-order valence-electron chi connectivity index (χ3n) is 2.04. The van der Waals surface area contributed by atoms with E-state index in [1.165, 1.54) is 0 Å². The van der Waals surface area contributed by atoms with Crippen LogP contribution in [-0.4, -0.2) is 60.1 Å². The molecule has 0 amide bonds. The van der Waals surface area contributed by atoms with Crippen molar-refractivity contribution in [1.82, 2.24) is 0 Å². The molecule has 13 heavy (non-hydrogen) atoms. The zero-order valence-corrected chi connectivity index (χ0v) is 8.06. The van der Waals surface area contributed by atoms with E-state index in [0.29, 0.717) is 19.8 Å². The van der Waals surface area contributed by atoms with E-state index in [4.69, 9.17) is 26.8 Å². The van der Waals surface area contributed by atoms with Gasteiger partial charge in [-0.1, -0.05) is 0 Å². The van der Waals surface area contributed by atoms with Gasteiger partial charge in [0.05, 0.1) is 19.8 Å². The van der Waals surface area contributed by atoms with Gasteiger partial charge in [-0.2, -0.15) is 0 Å². The second-order valence-corrected chi connectivity index (χ2v) is 2.90. The van der Waals surface area contributed by atoms with Crippen LogP contribution >= 0.6 is 0 Å². The minimum absolute atomic E-state index is 0.0631. The minimum atomic E-state index is -0.387. The molecule has 1 unspecified atom stereocenters. The average molecular weight is 186 g/mol. The van der Waals surface area contributed by atoms with Gasteiger partial charge in [0.25, 0.3) is 0 Å². The van der Waals surface area contributed by atoms with Crippen LogP contribution in [0.15, 0.2) is 0 Å². The van der Waals surface area contributed by atoms with E-state index in [-0.39, 0.29) is 18.2 Å². The van der Waals surface area contributed by atoms with E-state index in [1.807, 2.05) is 0 Å². The Balaban J connectivity index is 2.27. The van der Waals surface area contributed by atoms with Crippen LogP contribution in [0.4, 0.5) is 0 Å². The molecule has 0 spiro atoms. The van der Waals surface area contributed by atoms with Crippen LogP contribution in [0.2, 0.25) is 0 Å². The highest BCUT2D eigenvalue weighted by Gasteiger charge is 2.34. The fourth-order valence-electron chi connectivity index (χ4n) is 1.28. The zero-order chi connectivity index (χ0) is 9.68. The number of rotatable bonds is 5. The van der Waals surface area contributed by atoms with Crippen LogP contribution in [0, 0.1) is 0 Å². The second kappa shape index (κ2) is 5.60. The Morgan fingerprint density at radius 2 is 2.15 bits per heavy atom. The molecule has 2 radical (unpaired) electrons. The van der Waals surface area contributed by atoms with Gasteiger partial charge in [-0.15, -0.1) is 0 Å². The van der Waals surface area contributed by atoms with E-state index < -0.39 is 0 Å². The van der Waals surface area contributed by atoms with Crippen LogP contribution in [0.3, 0.4) is 0 Å². The topological polar surface area (TPSA) is 36.9 Å². The summed E-state index contributed by atoms with van der Waals surface area (Å²) in [7, 11) is 8.91. The van der Waals surface area contributed by atoms with Crippen molar-refractivity contribution in [2.45, 2.75) is 18.2 Å². The summed E-state index contributed by atoms with van der Waals surface area (Å²) in [6.07, 6.45) is -0.244. The largest absolute Gasteiger partial charge is 0.382 e. The van der Waals surface area contributed by atoms with E-state index >= 15 is 0 Å². The van der Waals surface area contributed by atoms with Crippen molar-refractivity contribution in [3.05, 3.63) is 0 Å². The van der Waals surface area contributed by atoms with Gasteiger partial charge in [-0.3, -0.25) is 0 Å². The second-order valence-electron chi connectivity index (χ2n) is 2.90. The summed E-state index contributed by atoms with van der Waals surface area (Å²) in [6.45, 7) is 1.56. The van der Waals surface area contributed by atoms with Gasteiger partial charge >= 0.3 is 0 Å². The third kappa shape index (κ3) is 2.95. The predicted octanol–water partition coefficient (Wildman–Crippen LogP) is -0.442. The molecule has 1 heterocycles. The molecule has 74 valence electrons. The van der Waals surface area contributed by atoms with E-state index in [9.17, 15) is 0 Å². The van der Waals surface area contributed by atoms with E-state index in [1.54, 1.807) is 14.2 Å². The molecule has 3 atom stereocenters. The van der Waals surface area contributed by atoms with Crippen LogP contribution in [0.25, 0.3) is 0 Å². The van der Waals surface area contributed by atoms with Gasteiger partial charge in [-0.25, -0.2) is 0 Å². The van der Waals surface area contributed by atoms with Gasteiger partial charge in [0.15, 0.2) is 0 Å². The van der Waals surface area contributed by atoms with Gasteiger partial charge in [0.2, 0.25) is 0 Å². The highest BCUT2D eigenvalue weighted by atomic mass is 16.6. The molecule has 1 fully saturated rings. The van der Waals surface area contributed by atoms with Gasteiger partial charge < -0.3 is 18.9 Å². The molecule has 1 aliphatic rings. The molecule has 1 aliphatic heterocycles. The maximum absolute atomic E-state index is 5.66. The Kier molecular flexibility index (Phi) is 4.73. The Morgan fingerprint density at radius 3 is 2.77 bits per heavy atom. The lowest BCUT2D eigenvalue weighted by Gasteiger charge is -2.20. The molecule has 1 rings (SSSR count). The number of hydrogen-bond donors (Lipinski definition) is 0. The number of hydrogen-bond acceptors (Lipinski definition) is 4. The summed E-state index contributed by atoms with van der Waals surface area (Å²) in [6, 6.07) is -0.387. The summed E-state index contributed by atoms with van der Waals surface area (Å²) in [4.78, 5) is 0. The van der Waals surface area contributed by atoms with Gasteiger partial charge in [0.1, 0.15) is 20.1 Å². The molecular formula is C8H15BO4. The molecule has 1 saturated heterocycles. The van der Waals surface area contributed by atoms with Crippen molar-refractivity contribution in [3.63, 3.8) is 0 Å². The first-order valence-corrected chi connectivity index (χ1v) is 4.30. The maximum Gasteiger partial charge on any atom is 0.112 e. The number of methoxy groups -OCH3 is 2. The summed E-state index contributed by atoms with van der Waals surface area (Å²) in [5, 5.41) is 0. The van der Waals surface area contributed by atoms with Crippen LogP contribution in [0.5, 0.6) is 0 Å². The molecule has 0 N–H and O–H groups in total. The van der Waals surface area contributed by atoms with Crippen molar-refractivity contribution in [2.75, 3.05) is 34.0 Å². The van der Waals surface area contributed by atoms with Crippen LogP contribution < -0.4 is 0 Å².